The van der Waals surface area contributed by atoms with Gasteiger partial charge in [0, 0.05) is 11.6 Å². The van der Waals surface area contributed by atoms with Crippen LogP contribution in [0.25, 0.3) is 0 Å². The van der Waals surface area contributed by atoms with Crippen molar-refractivity contribution in [1.29, 1.82) is 0 Å². The molecular weight excluding hydrogens is 376 g/mol. The van der Waals surface area contributed by atoms with Gasteiger partial charge in [-0.15, -0.1) is 0 Å². The molecule has 0 saturated heterocycles. The number of hydrogen-bond donors (Lipinski definition) is 2. The van der Waals surface area contributed by atoms with E-state index in [-0.39, 0.29) is 34.2 Å². The molecule has 28 heavy (non-hydrogen) atoms. The van der Waals surface area contributed by atoms with Crippen LogP contribution in [0.4, 0.5) is 0 Å². The molecule has 0 bridgehead atoms. The van der Waals surface area contributed by atoms with Gasteiger partial charge in [0.15, 0.2) is 0 Å². The van der Waals surface area contributed by atoms with Gasteiger partial charge in [0.05, 0.1) is 13.2 Å². The number of carbonyl (C=O) groups is 1. The van der Waals surface area contributed by atoms with Gasteiger partial charge in [0.1, 0.15) is 10.6 Å². The van der Waals surface area contributed by atoms with Crippen molar-refractivity contribution in [2.75, 3.05) is 7.11 Å². The first kappa shape index (κ1) is 21.9. The number of hydrogen-bond acceptors (Lipinski definition) is 4. The maximum atomic E-state index is 12.8. The van der Waals surface area contributed by atoms with Crippen LogP contribution < -0.4 is 14.8 Å². The van der Waals surface area contributed by atoms with Crippen molar-refractivity contribution in [3.8, 4) is 5.75 Å². The second-order valence-electron chi connectivity index (χ2n) is 6.99. The third-order valence-corrected chi connectivity index (χ3v) is 5.98. The van der Waals surface area contributed by atoms with E-state index < -0.39 is 10.0 Å². The topological polar surface area (TPSA) is 84.5 Å². The molecule has 0 radical (unpaired) electrons. The van der Waals surface area contributed by atoms with Gasteiger partial charge in [-0.05, 0) is 51.0 Å². The highest BCUT2D eigenvalue weighted by Gasteiger charge is 2.23. The molecule has 1 unspecified atom stereocenters. The number of carbonyl (C=O) groups excluding carboxylic acids is 1. The average molecular weight is 405 g/mol. The number of benzene rings is 2. The molecule has 0 aliphatic carbocycles. The Morgan fingerprint density at radius 1 is 1.11 bits per heavy atom. The van der Waals surface area contributed by atoms with Crippen LogP contribution in [-0.2, 0) is 10.0 Å². The first-order valence-electron chi connectivity index (χ1n) is 9.25. The summed E-state index contributed by atoms with van der Waals surface area (Å²) in [7, 11) is -2.41. The van der Waals surface area contributed by atoms with E-state index in [1.54, 1.807) is 19.9 Å². The summed E-state index contributed by atoms with van der Waals surface area (Å²) >= 11 is 0. The molecule has 2 aromatic rings. The molecule has 0 aromatic heterocycles. The summed E-state index contributed by atoms with van der Waals surface area (Å²) in [6.07, 6.45) is 0.713. The van der Waals surface area contributed by atoms with E-state index in [4.69, 9.17) is 4.74 Å². The number of ether oxygens (including phenoxy) is 1. The fourth-order valence-electron chi connectivity index (χ4n) is 2.86. The highest BCUT2D eigenvalue weighted by Crippen LogP contribution is 2.26. The zero-order valence-corrected chi connectivity index (χ0v) is 17.8. The van der Waals surface area contributed by atoms with Crippen LogP contribution in [0.2, 0.25) is 0 Å². The van der Waals surface area contributed by atoms with Crippen LogP contribution in [0.1, 0.15) is 54.7 Å². The lowest BCUT2D eigenvalue weighted by Gasteiger charge is -2.19. The molecule has 0 aliphatic rings. The summed E-state index contributed by atoms with van der Waals surface area (Å²) < 4.78 is 32.9. The molecule has 2 aromatic carbocycles. The minimum absolute atomic E-state index is 0.0558. The monoisotopic (exact) mass is 404 g/mol. The SMILES string of the molecule is CCC(NC(=O)c1ccc(OC)c(S(=O)(=O)NC(C)C)c1)c1ccc(C)cc1. The van der Waals surface area contributed by atoms with Crippen molar-refractivity contribution in [2.24, 2.45) is 0 Å². The van der Waals surface area contributed by atoms with Gasteiger partial charge in [-0.3, -0.25) is 4.79 Å². The molecule has 6 nitrogen and oxygen atoms in total. The predicted octanol–water partition coefficient (Wildman–Crippen LogP) is 3.57. The molecule has 0 saturated carbocycles. The van der Waals surface area contributed by atoms with Crippen molar-refractivity contribution in [2.45, 2.75) is 51.1 Å². The van der Waals surface area contributed by atoms with Gasteiger partial charge in [0.2, 0.25) is 10.0 Å². The molecule has 2 N–H and O–H groups in total. The molecule has 0 aliphatic heterocycles. The molecule has 0 heterocycles. The van der Waals surface area contributed by atoms with Crippen molar-refractivity contribution >= 4 is 15.9 Å². The normalized spacial score (nSPS) is 12.6. The van der Waals surface area contributed by atoms with Crippen LogP contribution in [0.3, 0.4) is 0 Å². The fraction of sp³-hybridized carbons (Fsp3) is 0.381. The Morgan fingerprint density at radius 3 is 2.29 bits per heavy atom. The Bertz CT molecular complexity index is 922. The van der Waals surface area contributed by atoms with Gasteiger partial charge in [-0.2, -0.15) is 0 Å². The average Bonchev–Trinajstić information content (AvgIpc) is 2.65. The highest BCUT2D eigenvalue weighted by atomic mass is 32.2. The lowest BCUT2D eigenvalue weighted by Crippen LogP contribution is -2.31. The van der Waals surface area contributed by atoms with Crippen molar-refractivity contribution in [3.05, 3.63) is 59.2 Å². The van der Waals surface area contributed by atoms with E-state index in [1.165, 1.54) is 19.2 Å². The fourth-order valence-corrected chi connectivity index (χ4v) is 4.31. The summed E-state index contributed by atoms with van der Waals surface area (Å²) in [5.74, 6) is -0.147. The van der Waals surface area contributed by atoms with Crippen molar-refractivity contribution in [1.82, 2.24) is 10.0 Å². The quantitative estimate of drug-likeness (QED) is 0.704. The molecule has 1 amide bonds. The van der Waals surface area contributed by atoms with Gasteiger partial charge in [0.25, 0.3) is 5.91 Å². The smallest absolute Gasteiger partial charge is 0.251 e. The largest absolute Gasteiger partial charge is 0.495 e. The molecule has 0 fully saturated rings. The number of aryl methyl sites for hydroxylation is 1. The third kappa shape index (κ3) is 5.33. The molecular formula is C21H28N2O4S. The first-order chi connectivity index (χ1) is 13.2. The molecule has 152 valence electrons. The van der Waals surface area contributed by atoms with Crippen molar-refractivity contribution < 1.29 is 17.9 Å². The second kappa shape index (κ2) is 9.21. The van der Waals surface area contributed by atoms with Crippen LogP contribution in [0.5, 0.6) is 5.75 Å². The van der Waals surface area contributed by atoms with E-state index in [2.05, 4.69) is 10.0 Å². The van der Waals surface area contributed by atoms with E-state index in [0.717, 1.165) is 11.1 Å². The third-order valence-electron chi connectivity index (χ3n) is 4.30. The Hall–Kier alpha value is -2.38. The van der Waals surface area contributed by atoms with E-state index in [0.29, 0.717) is 6.42 Å². The summed E-state index contributed by atoms with van der Waals surface area (Å²) in [5.41, 5.74) is 2.41. The molecule has 7 heteroatoms. The highest BCUT2D eigenvalue weighted by molar-refractivity contribution is 7.89. The van der Waals surface area contributed by atoms with Gasteiger partial charge in [-0.1, -0.05) is 36.8 Å². The number of amides is 1. The zero-order valence-electron chi connectivity index (χ0n) is 16.9. The predicted molar refractivity (Wildman–Crippen MR) is 110 cm³/mol. The zero-order chi connectivity index (χ0) is 20.9. The van der Waals surface area contributed by atoms with E-state index in [1.807, 2.05) is 38.1 Å². The molecule has 1 atom stereocenters. The van der Waals surface area contributed by atoms with Gasteiger partial charge < -0.3 is 10.1 Å². The van der Waals surface area contributed by atoms with E-state index in [9.17, 15) is 13.2 Å². The van der Waals surface area contributed by atoms with Crippen molar-refractivity contribution in [3.63, 3.8) is 0 Å². The first-order valence-corrected chi connectivity index (χ1v) is 10.7. The molecule has 2 rings (SSSR count). The Morgan fingerprint density at radius 2 is 1.75 bits per heavy atom. The van der Waals surface area contributed by atoms with Gasteiger partial charge >= 0.3 is 0 Å². The maximum Gasteiger partial charge on any atom is 0.251 e. The number of rotatable bonds is 8. The number of nitrogens with one attached hydrogen (secondary N) is 2. The van der Waals surface area contributed by atoms with Crippen LogP contribution >= 0.6 is 0 Å². The van der Waals surface area contributed by atoms with Crippen LogP contribution in [0, 0.1) is 6.92 Å². The maximum absolute atomic E-state index is 12.8. The summed E-state index contributed by atoms with van der Waals surface area (Å²) in [6.45, 7) is 7.46. The summed E-state index contributed by atoms with van der Waals surface area (Å²) in [6, 6.07) is 11.9. The lowest BCUT2D eigenvalue weighted by molar-refractivity contribution is 0.0935. The minimum atomic E-state index is -3.80. The summed E-state index contributed by atoms with van der Waals surface area (Å²) in [4.78, 5) is 12.7. The lowest BCUT2D eigenvalue weighted by atomic mass is 10.0. The Kier molecular flexibility index (Phi) is 7.21. The second-order valence-corrected chi connectivity index (χ2v) is 8.67. The number of sulfonamides is 1. The van der Waals surface area contributed by atoms with Crippen LogP contribution in [0.15, 0.2) is 47.4 Å². The molecule has 0 spiro atoms. The van der Waals surface area contributed by atoms with E-state index >= 15 is 0 Å². The number of methoxy groups -OCH3 is 1. The summed E-state index contributed by atoms with van der Waals surface area (Å²) in [5, 5.41) is 2.98. The minimum Gasteiger partial charge on any atom is -0.495 e. The Labute approximate surface area is 167 Å². The van der Waals surface area contributed by atoms with Gasteiger partial charge in [-0.25, -0.2) is 13.1 Å². The standard InChI is InChI=1S/C21H28N2O4S/c1-6-18(16-9-7-15(4)8-10-16)22-21(24)17-11-12-19(27-5)20(13-17)28(25,26)23-14(2)3/h7-14,18,23H,6H2,1-5H3,(H,22,24). The van der Waals surface area contributed by atoms with Crippen LogP contribution in [-0.4, -0.2) is 27.5 Å². The Balaban J connectivity index is 2.32.